The minimum atomic E-state index is -1.01. The third-order valence-corrected chi connectivity index (χ3v) is 5.63. The molecule has 32 heavy (non-hydrogen) atoms. The Morgan fingerprint density at radius 1 is 1.16 bits per heavy atom. The molecule has 0 amide bonds. The number of carbonyl (C=O) groups is 1. The van der Waals surface area contributed by atoms with E-state index in [1.54, 1.807) is 19.5 Å². The number of benzene rings is 1. The largest absolute Gasteiger partial charge is 0.494 e. The fraction of sp³-hybridized carbons (Fsp3) is 0.542. The molecule has 1 saturated carbocycles. The van der Waals surface area contributed by atoms with E-state index in [0.29, 0.717) is 29.4 Å². The monoisotopic (exact) mass is 442 g/mol. The molecule has 1 atom stereocenters. The maximum atomic E-state index is 11.3. The van der Waals surface area contributed by atoms with Gasteiger partial charge in [-0.25, -0.2) is 14.8 Å². The Morgan fingerprint density at radius 2 is 1.84 bits per heavy atom. The molecule has 0 saturated heterocycles. The Labute approximate surface area is 190 Å². The number of hydrogen-bond donors (Lipinski definition) is 2. The van der Waals surface area contributed by atoms with Gasteiger partial charge in [0.15, 0.2) is 11.9 Å². The van der Waals surface area contributed by atoms with Crippen LogP contribution in [0.3, 0.4) is 0 Å². The zero-order valence-electron chi connectivity index (χ0n) is 19.4. The third kappa shape index (κ3) is 6.24. The average molecular weight is 443 g/mol. The summed E-state index contributed by atoms with van der Waals surface area (Å²) in [5.74, 6) is 0.971. The first kappa shape index (κ1) is 23.6. The summed E-state index contributed by atoms with van der Waals surface area (Å²) < 4.78 is 10.8. The van der Waals surface area contributed by atoms with Crippen molar-refractivity contribution in [2.75, 3.05) is 23.9 Å². The van der Waals surface area contributed by atoms with Crippen molar-refractivity contribution in [3.8, 4) is 11.5 Å². The summed E-state index contributed by atoms with van der Waals surface area (Å²) in [5, 5.41) is 12.5. The van der Waals surface area contributed by atoms with Crippen molar-refractivity contribution < 1.29 is 19.4 Å². The van der Waals surface area contributed by atoms with Gasteiger partial charge < -0.3 is 24.8 Å². The Kier molecular flexibility index (Phi) is 8.14. The smallest absolute Gasteiger partial charge is 0.344 e. The number of carboxylic acid groups (broad SMARTS) is 1. The normalized spacial score (nSPS) is 15.3. The second-order valence-electron chi connectivity index (χ2n) is 8.69. The van der Waals surface area contributed by atoms with Gasteiger partial charge in [0.05, 0.1) is 30.9 Å². The standard InChI is InChI=1S/C24H34N4O4/c1-16(2)15-28(18-8-6-5-7-9-18)22-11-10-19(32-17(3)23(29)30)12-21(22)27-24-25-13-20(31-4)14-26-24/h10-14,16-18H,5-9,15H2,1-4H3,(H,29,30)(H,25,26,27). The highest BCUT2D eigenvalue weighted by molar-refractivity contribution is 5.76. The number of rotatable bonds is 10. The first-order valence-corrected chi connectivity index (χ1v) is 11.3. The fourth-order valence-corrected chi connectivity index (χ4v) is 4.03. The molecule has 0 radical (unpaired) electrons. The maximum absolute atomic E-state index is 11.3. The van der Waals surface area contributed by atoms with Gasteiger partial charge in [-0.15, -0.1) is 0 Å². The van der Waals surface area contributed by atoms with Crippen LogP contribution in [-0.4, -0.2) is 46.8 Å². The summed E-state index contributed by atoms with van der Waals surface area (Å²) >= 11 is 0. The number of aromatic nitrogens is 2. The molecule has 2 aromatic rings. The molecule has 8 heteroatoms. The lowest BCUT2D eigenvalue weighted by Crippen LogP contribution is -2.39. The van der Waals surface area contributed by atoms with Crippen molar-refractivity contribution in [1.29, 1.82) is 0 Å². The SMILES string of the molecule is COc1cnc(Nc2cc(OC(C)C(=O)O)ccc2N(CC(C)C)C2CCCCC2)nc1. The highest BCUT2D eigenvalue weighted by atomic mass is 16.5. The first-order chi connectivity index (χ1) is 15.4. The first-order valence-electron chi connectivity index (χ1n) is 11.3. The summed E-state index contributed by atoms with van der Waals surface area (Å²) in [6, 6.07) is 6.14. The zero-order chi connectivity index (χ0) is 23.1. The van der Waals surface area contributed by atoms with E-state index in [0.717, 1.165) is 17.9 Å². The van der Waals surface area contributed by atoms with Crippen LogP contribution in [0.15, 0.2) is 30.6 Å². The number of anilines is 3. The van der Waals surface area contributed by atoms with Crippen LogP contribution >= 0.6 is 0 Å². The van der Waals surface area contributed by atoms with Crippen molar-refractivity contribution in [1.82, 2.24) is 9.97 Å². The van der Waals surface area contributed by atoms with E-state index < -0.39 is 12.1 Å². The molecule has 8 nitrogen and oxygen atoms in total. The van der Waals surface area contributed by atoms with Crippen LogP contribution in [0.1, 0.15) is 52.9 Å². The van der Waals surface area contributed by atoms with Crippen LogP contribution in [0.2, 0.25) is 0 Å². The molecular formula is C24H34N4O4. The Balaban J connectivity index is 1.97. The van der Waals surface area contributed by atoms with Gasteiger partial charge in [0.1, 0.15) is 5.75 Å². The number of methoxy groups -OCH3 is 1. The lowest BCUT2D eigenvalue weighted by molar-refractivity contribution is -0.144. The summed E-state index contributed by atoms with van der Waals surface area (Å²) in [4.78, 5) is 22.4. The summed E-state index contributed by atoms with van der Waals surface area (Å²) in [5.41, 5.74) is 1.83. The molecule has 0 spiro atoms. The van der Waals surface area contributed by atoms with Crippen LogP contribution in [0.5, 0.6) is 11.5 Å². The molecule has 1 aromatic carbocycles. The predicted octanol–water partition coefficient (Wildman–Crippen LogP) is 4.88. The second kappa shape index (κ2) is 11.0. The van der Waals surface area contributed by atoms with Gasteiger partial charge in [-0.2, -0.15) is 0 Å². The molecular weight excluding hydrogens is 408 g/mol. The molecule has 0 aliphatic heterocycles. The molecule has 1 aromatic heterocycles. The minimum absolute atomic E-state index is 0.434. The van der Waals surface area contributed by atoms with Crippen LogP contribution in [0.4, 0.5) is 17.3 Å². The number of nitrogens with zero attached hydrogens (tertiary/aromatic N) is 3. The molecule has 1 heterocycles. The molecule has 1 aliphatic rings. The lowest BCUT2D eigenvalue weighted by atomic mass is 9.93. The van der Waals surface area contributed by atoms with Crippen LogP contribution in [-0.2, 0) is 4.79 Å². The molecule has 0 bridgehead atoms. The van der Waals surface area contributed by atoms with Crippen LogP contribution < -0.4 is 19.7 Å². The van der Waals surface area contributed by atoms with Crippen molar-refractivity contribution in [2.45, 2.75) is 65.0 Å². The van der Waals surface area contributed by atoms with Crippen molar-refractivity contribution >= 4 is 23.3 Å². The highest BCUT2D eigenvalue weighted by Crippen LogP contribution is 2.37. The van der Waals surface area contributed by atoms with Crippen LogP contribution in [0.25, 0.3) is 0 Å². The summed E-state index contributed by atoms with van der Waals surface area (Å²) in [6.45, 7) is 6.89. The van der Waals surface area contributed by atoms with Gasteiger partial charge in [-0.1, -0.05) is 33.1 Å². The molecule has 1 aliphatic carbocycles. The number of aliphatic carboxylic acids is 1. The number of nitrogens with one attached hydrogen (secondary N) is 1. The summed E-state index contributed by atoms with van der Waals surface area (Å²) in [7, 11) is 1.57. The maximum Gasteiger partial charge on any atom is 0.344 e. The topological polar surface area (TPSA) is 96.8 Å². The zero-order valence-corrected chi connectivity index (χ0v) is 19.4. The summed E-state index contributed by atoms with van der Waals surface area (Å²) in [6.07, 6.45) is 8.36. The van der Waals surface area contributed by atoms with Gasteiger partial charge in [0, 0.05) is 18.7 Å². The van der Waals surface area contributed by atoms with Crippen molar-refractivity contribution in [3.63, 3.8) is 0 Å². The van der Waals surface area contributed by atoms with E-state index >= 15 is 0 Å². The van der Waals surface area contributed by atoms with E-state index in [1.807, 2.05) is 18.2 Å². The fourth-order valence-electron chi connectivity index (χ4n) is 4.03. The number of carboxylic acids is 1. The molecule has 174 valence electrons. The molecule has 3 rings (SSSR count). The molecule has 1 unspecified atom stereocenters. The van der Waals surface area contributed by atoms with E-state index in [9.17, 15) is 9.90 Å². The Hall–Kier alpha value is -3.03. The quantitative estimate of drug-likeness (QED) is 0.538. The third-order valence-electron chi connectivity index (χ3n) is 5.63. The average Bonchev–Trinajstić information content (AvgIpc) is 2.79. The van der Waals surface area contributed by atoms with Gasteiger partial charge in [0.25, 0.3) is 0 Å². The van der Waals surface area contributed by atoms with Gasteiger partial charge in [-0.05, 0) is 37.8 Å². The minimum Gasteiger partial charge on any atom is -0.494 e. The molecule has 2 N–H and O–H groups in total. The molecule has 1 fully saturated rings. The predicted molar refractivity (Wildman–Crippen MR) is 125 cm³/mol. The second-order valence-corrected chi connectivity index (χ2v) is 8.69. The van der Waals surface area contributed by atoms with Gasteiger partial charge in [0.2, 0.25) is 5.95 Å². The van der Waals surface area contributed by atoms with E-state index in [-0.39, 0.29) is 0 Å². The lowest BCUT2D eigenvalue weighted by Gasteiger charge is -2.38. The van der Waals surface area contributed by atoms with Gasteiger partial charge in [-0.3, -0.25) is 0 Å². The number of ether oxygens (including phenoxy) is 2. The van der Waals surface area contributed by atoms with E-state index in [2.05, 4.69) is 34.0 Å². The highest BCUT2D eigenvalue weighted by Gasteiger charge is 2.25. The van der Waals surface area contributed by atoms with E-state index in [1.165, 1.54) is 39.0 Å². The Bertz CT molecular complexity index is 882. The van der Waals surface area contributed by atoms with Crippen molar-refractivity contribution in [3.05, 3.63) is 30.6 Å². The van der Waals surface area contributed by atoms with E-state index in [4.69, 9.17) is 9.47 Å². The van der Waals surface area contributed by atoms with Crippen LogP contribution in [0, 0.1) is 5.92 Å². The van der Waals surface area contributed by atoms with Gasteiger partial charge >= 0.3 is 5.97 Å². The Morgan fingerprint density at radius 3 is 2.44 bits per heavy atom. The van der Waals surface area contributed by atoms with Crippen molar-refractivity contribution in [2.24, 2.45) is 5.92 Å². The number of hydrogen-bond acceptors (Lipinski definition) is 7.